The molecule has 4 rings (SSSR count). The number of aryl methyl sites for hydroxylation is 1. The van der Waals surface area contributed by atoms with Crippen molar-refractivity contribution in [1.82, 2.24) is 14.8 Å². The summed E-state index contributed by atoms with van der Waals surface area (Å²) in [6.45, 7) is 6.25. The highest BCUT2D eigenvalue weighted by Gasteiger charge is 2.26. The Labute approximate surface area is 172 Å². The number of amides is 1. The van der Waals surface area contributed by atoms with Gasteiger partial charge in [-0.25, -0.2) is 4.39 Å². The van der Waals surface area contributed by atoms with Crippen molar-refractivity contribution in [2.75, 3.05) is 32.7 Å². The number of likely N-dealkylation sites (tertiary alicyclic amines) is 2. The van der Waals surface area contributed by atoms with Crippen LogP contribution in [-0.4, -0.2) is 53.4 Å². The van der Waals surface area contributed by atoms with Gasteiger partial charge in [-0.1, -0.05) is 12.1 Å². The van der Waals surface area contributed by atoms with Crippen LogP contribution in [0.3, 0.4) is 0 Å². The molecule has 1 atom stereocenters. The van der Waals surface area contributed by atoms with Gasteiger partial charge in [-0.3, -0.25) is 14.7 Å². The van der Waals surface area contributed by atoms with Crippen LogP contribution in [0.15, 0.2) is 36.4 Å². The molecule has 2 aliphatic heterocycles. The number of nitrogens with zero attached hydrogens (tertiary/aromatic N) is 3. The molecule has 0 spiro atoms. The summed E-state index contributed by atoms with van der Waals surface area (Å²) in [7, 11) is 0. The SMILES string of the molecule is Cc1cc(Cc2cccc(F)c2)cc([C@@H]2CCCN(CC(=O)N3CCCC3)C2)n1. The molecule has 154 valence electrons. The summed E-state index contributed by atoms with van der Waals surface area (Å²) < 4.78 is 13.5. The number of carbonyl (C=O) groups excluding carboxylic acids is 1. The summed E-state index contributed by atoms with van der Waals surface area (Å²) >= 11 is 0. The Morgan fingerprint density at radius 1 is 1.10 bits per heavy atom. The predicted molar refractivity (Wildman–Crippen MR) is 112 cm³/mol. The van der Waals surface area contributed by atoms with Gasteiger partial charge in [0.25, 0.3) is 0 Å². The maximum absolute atomic E-state index is 13.5. The first kappa shape index (κ1) is 20.0. The quantitative estimate of drug-likeness (QED) is 0.770. The van der Waals surface area contributed by atoms with Gasteiger partial charge in [-0.15, -0.1) is 0 Å². The number of benzene rings is 1. The molecule has 0 aliphatic carbocycles. The Kier molecular flexibility index (Phi) is 6.24. The van der Waals surface area contributed by atoms with Gasteiger partial charge in [0.05, 0.1) is 6.54 Å². The third kappa shape index (κ3) is 5.21. The second-order valence-corrected chi connectivity index (χ2v) is 8.51. The predicted octanol–water partition coefficient (Wildman–Crippen LogP) is 3.92. The second-order valence-electron chi connectivity index (χ2n) is 8.51. The molecule has 0 saturated carbocycles. The summed E-state index contributed by atoms with van der Waals surface area (Å²) in [5.41, 5.74) is 4.25. The molecule has 5 heteroatoms. The fraction of sp³-hybridized carbons (Fsp3) is 0.500. The number of rotatable bonds is 5. The van der Waals surface area contributed by atoms with E-state index in [1.54, 1.807) is 12.1 Å². The molecule has 2 aromatic rings. The van der Waals surface area contributed by atoms with Gasteiger partial charge in [-0.05, 0) is 81.0 Å². The Hall–Kier alpha value is -2.27. The number of pyridine rings is 1. The standard InChI is InChI=1S/C24H30FN3O/c1-18-12-20(13-19-6-4-8-22(25)14-19)15-23(26-18)21-7-5-9-27(16-21)17-24(29)28-10-2-3-11-28/h4,6,8,12,14-15,21H,2-3,5,7,9-11,13,16-17H2,1H3/t21-/m1/s1. The lowest BCUT2D eigenvalue weighted by Crippen LogP contribution is -2.43. The van der Waals surface area contributed by atoms with Crippen molar-refractivity contribution in [2.24, 2.45) is 0 Å². The highest BCUT2D eigenvalue weighted by Crippen LogP contribution is 2.27. The van der Waals surface area contributed by atoms with Gasteiger partial charge < -0.3 is 4.90 Å². The first-order valence-corrected chi connectivity index (χ1v) is 10.8. The minimum atomic E-state index is -0.195. The maximum atomic E-state index is 13.5. The van der Waals surface area contributed by atoms with Crippen molar-refractivity contribution in [3.63, 3.8) is 0 Å². The zero-order valence-electron chi connectivity index (χ0n) is 17.2. The largest absolute Gasteiger partial charge is 0.342 e. The van der Waals surface area contributed by atoms with E-state index in [-0.39, 0.29) is 11.7 Å². The van der Waals surface area contributed by atoms with Crippen molar-refractivity contribution < 1.29 is 9.18 Å². The molecule has 0 bridgehead atoms. The molecule has 2 saturated heterocycles. The van der Waals surface area contributed by atoms with E-state index in [4.69, 9.17) is 4.98 Å². The molecule has 4 nitrogen and oxygen atoms in total. The molecular weight excluding hydrogens is 365 g/mol. The summed E-state index contributed by atoms with van der Waals surface area (Å²) in [4.78, 5) is 21.6. The topological polar surface area (TPSA) is 36.4 Å². The number of halogens is 1. The van der Waals surface area contributed by atoms with E-state index in [0.717, 1.165) is 68.8 Å². The Morgan fingerprint density at radius 2 is 1.93 bits per heavy atom. The van der Waals surface area contributed by atoms with Gasteiger partial charge in [0.2, 0.25) is 5.91 Å². The number of hydrogen-bond donors (Lipinski definition) is 0. The van der Waals surface area contributed by atoms with Gasteiger partial charge >= 0.3 is 0 Å². The first-order chi connectivity index (χ1) is 14.1. The zero-order valence-corrected chi connectivity index (χ0v) is 17.2. The lowest BCUT2D eigenvalue weighted by Gasteiger charge is -2.33. The summed E-state index contributed by atoms with van der Waals surface area (Å²) in [6.07, 6.45) is 5.17. The minimum absolute atomic E-state index is 0.195. The van der Waals surface area contributed by atoms with Crippen LogP contribution in [0.2, 0.25) is 0 Å². The van der Waals surface area contributed by atoms with Crippen LogP contribution < -0.4 is 0 Å². The number of aromatic nitrogens is 1. The van der Waals surface area contributed by atoms with Crippen molar-refractivity contribution in [1.29, 1.82) is 0 Å². The lowest BCUT2D eigenvalue weighted by atomic mass is 9.92. The third-order valence-corrected chi connectivity index (χ3v) is 6.07. The van der Waals surface area contributed by atoms with Crippen LogP contribution in [0.5, 0.6) is 0 Å². The van der Waals surface area contributed by atoms with Crippen LogP contribution in [0, 0.1) is 12.7 Å². The normalized spacial score (nSPS) is 20.2. The molecule has 1 amide bonds. The van der Waals surface area contributed by atoms with Crippen molar-refractivity contribution in [3.8, 4) is 0 Å². The van der Waals surface area contributed by atoms with E-state index in [0.29, 0.717) is 18.9 Å². The summed E-state index contributed by atoms with van der Waals surface area (Å²) in [6, 6.07) is 11.1. The number of piperidine rings is 1. The van der Waals surface area contributed by atoms with Crippen molar-refractivity contribution in [3.05, 3.63) is 64.7 Å². The van der Waals surface area contributed by atoms with Crippen LogP contribution in [0.4, 0.5) is 4.39 Å². The number of carbonyl (C=O) groups is 1. The highest BCUT2D eigenvalue weighted by molar-refractivity contribution is 5.78. The third-order valence-electron chi connectivity index (χ3n) is 6.07. The molecule has 2 fully saturated rings. The van der Waals surface area contributed by atoms with Crippen LogP contribution in [0.1, 0.15) is 54.1 Å². The fourth-order valence-corrected chi connectivity index (χ4v) is 4.66. The molecule has 29 heavy (non-hydrogen) atoms. The van der Waals surface area contributed by atoms with Crippen molar-refractivity contribution in [2.45, 2.75) is 44.9 Å². The van der Waals surface area contributed by atoms with E-state index in [1.807, 2.05) is 17.9 Å². The lowest BCUT2D eigenvalue weighted by molar-refractivity contribution is -0.131. The molecule has 1 aromatic carbocycles. The summed E-state index contributed by atoms with van der Waals surface area (Å²) in [5.74, 6) is 0.424. The van der Waals surface area contributed by atoms with E-state index < -0.39 is 0 Å². The Bertz CT molecular complexity index is 863. The van der Waals surface area contributed by atoms with Crippen LogP contribution in [0.25, 0.3) is 0 Å². The summed E-state index contributed by atoms with van der Waals surface area (Å²) in [5, 5.41) is 0. The monoisotopic (exact) mass is 395 g/mol. The van der Waals surface area contributed by atoms with Gasteiger partial charge in [0.15, 0.2) is 0 Å². The molecule has 3 heterocycles. The van der Waals surface area contributed by atoms with Crippen molar-refractivity contribution >= 4 is 5.91 Å². The molecule has 0 N–H and O–H groups in total. The second kappa shape index (κ2) is 9.04. The average Bonchev–Trinajstić information content (AvgIpc) is 3.23. The molecule has 1 aromatic heterocycles. The van der Waals surface area contributed by atoms with Gasteiger partial charge in [-0.2, -0.15) is 0 Å². The molecule has 2 aliphatic rings. The highest BCUT2D eigenvalue weighted by atomic mass is 19.1. The van der Waals surface area contributed by atoms with Gasteiger partial charge in [0, 0.05) is 36.9 Å². The van der Waals surface area contributed by atoms with Crippen LogP contribution >= 0.6 is 0 Å². The Morgan fingerprint density at radius 3 is 2.72 bits per heavy atom. The van der Waals surface area contributed by atoms with E-state index >= 15 is 0 Å². The molecule has 0 radical (unpaired) electrons. The average molecular weight is 396 g/mol. The Balaban J connectivity index is 1.44. The molecule has 0 unspecified atom stereocenters. The van der Waals surface area contributed by atoms with Crippen LogP contribution in [-0.2, 0) is 11.2 Å². The smallest absolute Gasteiger partial charge is 0.236 e. The fourth-order valence-electron chi connectivity index (χ4n) is 4.66. The molecular formula is C24H30FN3O. The minimum Gasteiger partial charge on any atom is -0.342 e. The number of hydrogen-bond acceptors (Lipinski definition) is 3. The maximum Gasteiger partial charge on any atom is 0.236 e. The van der Waals surface area contributed by atoms with E-state index in [1.165, 1.54) is 11.6 Å². The van der Waals surface area contributed by atoms with E-state index in [9.17, 15) is 9.18 Å². The first-order valence-electron chi connectivity index (χ1n) is 10.8. The zero-order chi connectivity index (χ0) is 20.2. The van der Waals surface area contributed by atoms with E-state index in [2.05, 4.69) is 17.0 Å². The van der Waals surface area contributed by atoms with Gasteiger partial charge in [0.1, 0.15) is 5.82 Å².